The van der Waals surface area contributed by atoms with Gasteiger partial charge in [0.1, 0.15) is 0 Å². The molecule has 3 rings (SSSR count). The van der Waals surface area contributed by atoms with Gasteiger partial charge in [0, 0.05) is 17.4 Å². The molecular formula is C20H13F3N4O2. The van der Waals surface area contributed by atoms with Crippen molar-refractivity contribution in [3.8, 4) is 11.8 Å². The molecule has 9 heteroatoms. The molecule has 0 atom stereocenters. The Morgan fingerprint density at radius 1 is 1.14 bits per heavy atom. The van der Waals surface area contributed by atoms with Crippen LogP contribution in [0.15, 0.2) is 59.4 Å². The number of para-hydroxylation sites is 1. The molecule has 1 amide bonds. The van der Waals surface area contributed by atoms with Crippen molar-refractivity contribution in [3.05, 3.63) is 87.3 Å². The van der Waals surface area contributed by atoms with Crippen LogP contribution < -0.4 is 10.7 Å². The number of benzene rings is 2. The number of carbonyl (C=O) groups is 1. The number of carbonyl (C=O) groups excluding carboxylic acids is 1. The largest absolute Gasteiger partial charge is 0.418 e. The van der Waals surface area contributed by atoms with E-state index in [1.165, 1.54) is 49.4 Å². The molecule has 0 saturated carbocycles. The first kappa shape index (κ1) is 19.8. The number of nitrogens with one attached hydrogen (secondary N) is 1. The van der Waals surface area contributed by atoms with E-state index in [2.05, 4.69) is 10.4 Å². The fourth-order valence-electron chi connectivity index (χ4n) is 2.70. The zero-order valence-electron chi connectivity index (χ0n) is 15.0. The molecule has 0 fully saturated rings. The molecule has 0 bridgehead atoms. The van der Waals surface area contributed by atoms with E-state index in [0.29, 0.717) is 0 Å². The van der Waals surface area contributed by atoms with E-state index in [-0.39, 0.29) is 22.6 Å². The van der Waals surface area contributed by atoms with Crippen LogP contribution in [0.1, 0.15) is 27.3 Å². The summed E-state index contributed by atoms with van der Waals surface area (Å²) < 4.78 is 41.0. The molecule has 3 aromatic rings. The highest BCUT2D eigenvalue weighted by Crippen LogP contribution is 2.33. The van der Waals surface area contributed by atoms with Crippen molar-refractivity contribution in [2.75, 3.05) is 5.32 Å². The average Bonchev–Trinajstić information content (AvgIpc) is 2.67. The molecule has 0 aliphatic heterocycles. The summed E-state index contributed by atoms with van der Waals surface area (Å²) in [6.45, 7) is 1.42. The van der Waals surface area contributed by atoms with Crippen LogP contribution in [0.4, 0.5) is 18.9 Å². The molecule has 146 valence electrons. The van der Waals surface area contributed by atoms with Gasteiger partial charge in [-0.1, -0.05) is 18.2 Å². The molecule has 0 unspecified atom stereocenters. The Morgan fingerprint density at radius 2 is 1.86 bits per heavy atom. The molecule has 0 radical (unpaired) electrons. The third-order valence-electron chi connectivity index (χ3n) is 4.01. The number of amides is 1. The van der Waals surface area contributed by atoms with E-state index in [4.69, 9.17) is 5.26 Å². The molecule has 2 aromatic carbocycles. The third kappa shape index (κ3) is 4.16. The van der Waals surface area contributed by atoms with Crippen molar-refractivity contribution in [2.45, 2.75) is 13.1 Å². The summed E-state index contributed by atoms with van der Waals surface area (Å²) in [5.41, 5.74) is -1.90. The highest BCUT2D eigenvalue weighted by molar-refractivity contribution is 6.02. The number of hydrogen-bond donors (Lipinski definition) is 1. The van der Waals surface area contributed by atoms with E-state index in [1.54, 1.807) is 0 Å². The van der Waals surface area contributed by atoms with Crippen LogP contribution in [-0.4, -0.2) is 15.7 Å². The van der Waals surface area contributed by atoms with Gasteiger partial charge in [0.25, 0.3) is 5.91 Å². The number of rotatable bonds is 3. The minimum absolute atomic E-state index is 0.134. The molecule has 0 aliphatic rings. The molecule has 0 saturated heterocycles. The number of nitriles is 1. The van der Waals surface area contributed by atoms with Crippen LogP contribution in [0.5, 0.6) is 0 Å². The molecule has 0 aliphatic carbocycles. The standard InChI is InChI=1S/C20H13F3N4O2/c1-12-9-17(28)18(19(29)25-14-6-4-5-13(10-14)11-24)26-27(12)16-8-3-2-7-15(16)20(21,22)23/h2-10H,1H3,(H,25,29). The number of aryl methyl sites for hydroxylation is 1. The van der Waals surface area contributed by atoms with Crippen LogP contribution in [0.2, 0.25) is 0 Å². The molecule has 1 aromatic heterocycles. The summed E-state index contributed by atoms with van der Waals surface area (Å²) in [5.74, 6) is -0.900. The van der Waals surface area contributed by atoms with Crippen LogP contribution in [0.3, 0.4) is 0 Å². The zero-order valence-corrected chi connectivity index (χ0v) is 15.0. The van der Waals surface area contributed by atoms with Crippen LogP contribution in [0, 0.1) is 18.3 Å². The Balaban J connectivity index is 2.06. The second kappa shape index (κ2) is 7.59. The van der Waals surface area contributed by atoms with E-state index in [0.717, 1.165) is 16.8 Å². The van der Waals surface area contributed by atoms with Crippen LogP contribution in [-0.2, 0) is 6.18 Å². The van der Waals surface area contributed by atoms with Crippen molar-refractivity contribution in [1.29, 1.82) is 5.26 Å². The minimum Gasteiger partial charge on any atom is -0.320 e. The lowest BCUT2D eigenvalue weighted by molar-refractivity contribution is -0.137. The van der Waals surface area contributed by atoms with Crippen molar-refractivity contribution in [3.63, 3.8) is 0 Å². The maximum absolute atomic E-state index is 13.4. The van der Waals surface area contributed by atoms with Gasteiger partial charge in [-0.2, -0.15) is 23.5 Å². The maximum Gasteiger partial charge on any atom is 0.418 e. The monoisotopic (exact) mass is 398 g/mol. The SMILES string of the molecule is Cc1cc(=O)c(C(=O)Nc2cccc(C#N)c2)nn1-c1ccccc1C(F)(F)F. The van der Waals surface area contributed by atoms with Gasteiger partial charge in [-0.15, -0.1) is 0 Å². The first-order chi connectivity index (χ1) is 13.7. The summed E-state index contributed by atoms with van der Waals surface area (Å²) in [7, 11) is 0. The lowest BCUT2D eigenvalue weighted by Crippen LogP contribution is -2.27. The summed E-state index contributed by atoms with van der Waals surface area (Å²) in [4.78, 5) is 24.8. The number of nitrogens with zero attached hydrogens (tertiary/aromatic N) is 3. The quantitative estimate of drug-likeness (QED) is 0.729. The smallest absolute Gasteiger partial charge is 0.320 e. The first-order valence-corrected chi connectivity index (χ1v) is 8.30. The third-order valence-corrected chi connectivity index (χ3v) is 4.01. The summed E-state index contributed by atoms with van der Waals surface area (Å²) in [6, 6.07) is 13.6. The lowest BCUT2D eigenvalue weighted by atomic mass is 10.1. The Kier molecular flexibility index (Phi) is 5.19. The predicted octanol–water partition coefficient (Wildman–Crippen LogP) is 3.68. The van der Waals surface area contributed by atoms with E-state index < -0.39 is 28.8 Å². The van der Waals surface area contributed by atoms with Gasteiger partial charge >= 0.3 is 6.18 Å². The molecular weight excluding hydrogens is 385 g/mol. The van der Waals surface area contributed by atoms with Crippen LogP contribution in [0.25, 0.3) is 5.69 Å². The minimum atomic E-state index is -4.64. The number of aromatic nitrogens is 2. The van der Waals surface area contributed by atoms with E-state index in [1.807, 2.05) is 6.07 Å². The topological polar surface area (TPSA) is 87.8 Å². The number of alkyl halides is 3. The van der Waals surface area contributed by atoms with Gasteiger partial charge in [-0.3, -0.25) is 9.59 Å². The van der Waals surface area contributed by atoms with Gasteiger partial charge in [-0.25, -0.2) is 4.68 Å². The van der Waals surface area contributed by atoms with Gasteiger partial charge in [0.05, 0.1) is 22.9 Å². The van der Waals surface area contributed by atoms with Gasteiger partial charge in [-0.05, 0) is 37.3 Å². The first-order valence-electron chi connectivity index (χ1n) is 8.30. The molecule has 0 spiro atoms. The summed E-state index contributed by atoms with van der Waals surface area (Å²) in [6.07, 6.45) is -4.64. The van der Waals surface area contributed by atoms with Crippen LogP contribution >= 0.6 is 0 Å². The second-order valence-corrected chi connectivity index (χ2v) is 6.07. The molecule has 1 N–H and O–H groups in total. The van der Waals surface area contributed by atoms with Crippen molar-refractivity contribution in [1.82, 2.24) is 9.78 Å². The highest BCUT2D eigenvalue weighted by Gasteiger charge is 2.34. The zero-order chi connectivity index (χ0) is 21.2. The van der Waals surface area contributed by atoms with Gasteiger partial charge < -0.3 is 5.32 Å². The summed E-state index contributed by atoms with van der Waals surface area (Å²) >= 11 is 0. The second-order valence-electron chi connectivity index (χ2n) is 6.07. The normalized spacial score (nSPS) is 11.0. The number of halogens is 3. The maximum atomic E-state index is 13.4. The Labute approximate surface area is 162 Å². The molecule has 1 heterocycles. The fraction of sp³-hybridized carbons (Fsp3) is 0.100. The lowest BCUT2D eigenvalue weighted by Gasteiger charge is -2.16. The Morgan fingerprint density at radius 3 is 2.55 bits per heavy atom. The Bertz CT molecular complexity index is 1190. The predicted molar refractivity (Wildman–Crippen MR) is 98.7 cm³/mol. The number of hydrogen-bond acceptors (Lipinski definition) is 4. The van der Waals surface area contributed by atoms with Crippen molar-refractivity contribution < 1.29 is 18.0 Å². The highest BCUT2D eigenvalue weighted by atomic mass is 19.4. The van der Waals surface area contributed by atoms with Crippen molar-refractivity contribution >= 4 is 11.6 Å². The van der Waals surface area contributed by atoms with Crippen molar-refractivity contribution in [2.24, 2.45) is 0 Å². The van der Waals surface area contributed by atoms with E-state index >= 15 is 0 Å². The number of anilines is 1. The average molecular weight is 398 g/mol. The molecule has 6 nitrogen and oxygen atoms in total. The molecule has 29 heavy (non-hydrogen) atoms. The van der Waals surface area contributed by atoms with Gasteiger partial charge in [0.15, 0.2) is 5.69 Å². The fourth-order valence-corrected chi connectivity index (χ4v) is 2.70. The van der Waals surface area contributed by atoms with E-state index in [9.17, 15) is 22.8 Å². The Hall–Kier alpha value is -3.93. The summed E-state index contributed by atoms with van der Waals surface area (Å²) in [5, 5.41) is 15.2. The van der Waals surface area contributed by atoms with Gasteiger partial charge in [0.2, 0.25) is 5.43 Å².